The molecule has 0 aliphatic carbocycles. The zero-order valence-electron chi connectivity index (χ0n) is 14.0. The second kappa shape index (κ2) is 8.11. The van der Waals surface area contributed by atoms with Gasteiger partial charge in [0.05, 0.1) is 11.7 Å². The maximum atomic E-state index is 12.4. The standard InChI is InChI=1S/C20H17N2O4/c1-2-11-25-19(23)12-17(16-9-6-10-21-13-16)22-18(14-26-20(22)24)15-7-4-3-5-8-15/h2-10,13,18H,1,11,14H2/t18-/m0/s1. The number of cyclic esters (lactones) is 1. The number of hydrogen-bond donors (Lipinski definition) is 0. The molecule has 2 aromatic rings. The van der Waals surface area contributed by atoms with Crippen molar-refractivity contribution in [1.29, 1.82) is 0 Å². The molecule has 0 saturated carbocycles. The Labute approximate surface area is 151 Å². The number of benzene rings is 1. The minimum atomic E-state index is -0.699. The van der Waals surface area contributed by atoms with Crippen LogP contribution in [0, 0.1) is 6.08 Å². The van der Waals surface area contributed by atoms with Crippen LogP contribution in [0.3, 0.4) is 0 Å². The summed E-state index contributed by atoms with van der Waals surface area (Å²) in [5, 5.41) is 0. The number of hydrogen-bond acceptors (Lipinski definition) is 5. The third-order valence-corrected chi connectivity index (χ3v) is 3.79. The van der Waals surface area contributed by atoms with Gasteiger partial charge >= 0.3 is 12.1 Å². The molecular weight excluding hydrogens is 332 g/mol. The van der Waals surface area contributed by atoms with Gasteiger partial charge in [-0.3, -0.25) is 9.88 Å². The molecule has 1 aromatic heterocycles. The average Bonchev–Trinajstić information content (AvgIpc) is 3.07. The lowest BCUT2D eigenvalue weighted by atomic mass is 10.0. The highest BCUT2D eigenvalue weighted by atomic mass is 16.6. The van der Waals surface area contributed by atoms with Crippen LogP contribution in [0.25, 0.3) is 5.70 Å². The molecule has 1 radical (unpaired) electrons. The van der Waals surface area contributed by atoms with Gasteiger partial charge in [0.15, 0.2) is 0 Å². The third-order valence-electron chi connectivity index (χ3n) is 3.79. The Bertz CT molecular complexity index is 818. The van der Waals surface area contributed by atoms with Crippen molar-refractivity contribution in [2.24, 2.45) is 0 Å². The van der Waals surface area contributed by atoms with Crippen LogP contribution >= 0.6 is 0 Å². The summed E-state index contributed by atoms with van der Waals surface area (Å²) < 4.78 is 10.2. The highest BCUT2D eigenvalue weighted by molar-refractivity contribution is 5.92. The Morgan fingerprint density at radius 2 is 2.15 bits per heavy atom. The Kier molecular flexibility index (Phi) is 5.43. The van der Waals surface area contributed by atoms with E-state index < -0.39 is 12.1 Å². The number of carbonyl (C=O) groups is 2. The van der Waals surface area contributed by atoms with Crippen LogP contribution in [-0.4, -0.2) is 35.2 Å². The first-order valence-corrected chi connectivity index (χ1v) is 8.03. The fraction of sp³-hybridized carbons (Fsp3) is 0.150. The first-order chi connectivity index (χ1) is 12.7. The molecule has 1 saturated heterocycles. The fourth-order valence-electron chi connectivity index (χ4n) is 2.63. The molecule has 0 bridgehead atoms. The number of aromatic nitrogens is 1. The van der Waals surface area contributed by atoms with E-state index in [2.05, 4.69) is 17.6 Å². The minimum absolute atomic E-state index is 0.0543. The van der Waals surface area contributed by atoms with E-state index in [0.29, 0.717) is 5.56 Å². The molecule has 1 aromatic carbocycles. The fourth-order valence-corrected chi connectivity index (χ4v) is 2.63. The van der Waals surface area contributed by atoms with E-state index in [4.69, 9.17) is 9.47 Å². The van der Waals surface area contributed by atoms with Crippen LogP contribution in [0.1, 0.15) is 17.2 Å². The molecule has 6 nitrogen and oxygen atoms in total. The number of pyridine rings is 1. The summed E-state index contributed by atoms with van der Waals surface area (Å²) >= 11 is 0. The quantitative estimate of drug-likeness (QED) is 0.455. The summed E-state index contributed by atoms with van der Waals surface area (Å²) in [5.41, 5.74) is 1.70. The number of nitrogens with zero attached hydrogens (tertiary/aromatic N) is 2. The summed E-state index contributed by atoms with van der Waals surface area (Å²) in [6.07, 6.45) is 6.70. The molecule has 1 amide bonds. The van der Waals surface area contributed by atoms with Crippen molar-refractivity contribution in [1.82, 2.24) is 9.88 Å². The Morgan fingerprint density at radius 3 is 2.85 bits per heavy atom. The van der Waals surface area contributed by atoms with Gasteiger partial charge in [0.2, 0.25) is 0 Å². The summed E-state index contributed by atoms with van der Waals surface area (Å²) in [7, 11) is 0. The lowest BCUT2D eigenvalue weighted by Crippen LogP contribution is -2.27. The van der Waals surface area contributed by atoms with Crippen molar-refractivity contribution < 1.29 is 19.1 Å². The van der Waals surface area contributed by atoms with Gasteiger partial charge in [0, 0.05) is 18.0 Å². The summed E-state index contributed by atoms with van der Waals surface area (Å²) in [5.74, 6) is -0.699. The summed E-state index contributed by atoms with van der Waals surface area (Å²) in [4.78, 5) is 30.0. The van der Waals surface area contributed by atoms with Gasteiger partial charge in [-0.2, -0.15) is 0 Å². The van der Waals surface area contributed by atoms with Gasteiger partial charge in [0.25, 0.3) is 0 Å². The van der Waals surface area contributed by atoms with Crippen molar-refractivity contribution in [2.45, 2.75) is 6.04 Å². The molecular formula is C20H17N2O4. The molecule has 2 heterocycles. The predicted octanol–water partition coefficient (Wildman–Crippen LogP) is 3.15. The SMILES string of the molecule is C=CCOC(=O)[C]=C(c1cccnc1)N1C(=O)OC[C@H]1c1ccccc1. The van der Waals surface area contributed by atoms with Crippen molar-refractivity contribution in [3.05, 3.63) is 84.7 Å². The zero-order chi connectivity index (χ0) is 18.4. The van der Waals surface area contributed by atoms with Gasteiger partial charge in [-0.1, -0.05) is 43.0 Å². The van der Waals surface area contributed by atoms with E-state index in [1.807, 2.05) is 30.3 Å². The summed E-state index contributed by atoms with van der Waals surface area (Å²) in [6.45, 7) is 3.74. The largest absolute Gasteiger partial charge is 0.458 e. The highest BCUT2D eigenvalue weighted by Gasteiger charge is 2.37. The molecule has 0 N–H and O–H groups in total. The van der Waals surface area contributed by atoms with E-state index in [1.54, 1.807) is 24.5 Å². The van der Waals surface area contributed by atoms with E-state index in [0.717, 1.165) is 5.56 Å². The molecule has 1 aliphatic rings. The number of ether oxygens (including phenoxy) is 2. The average molecular weight is 349 g/mol. The van der Waals surface area contributed by atoms with Gasteiger partial charge in [-0.25, -0.2) is 9.59 Å². The predicted molar refractivity (Wildman–Crippen MR) is 94.4 cm³/mol. The Morgan fingerprint density at radius 1 is 1.35 bits per heavy atom. The highest BCUT2D eigenvalue weighted by Crippen LogP contribution is 2.35. The molecule has 1 fully saturated rings. The van der Waals surface area contributed by atoms with Crippen LogP contribution < -0.4 is 0 Å². The first-order valence-electron chi connectivity index (χ1n) is 8.03. The van der Waals surface area contributed by atoms with E-state index in [-0.39, 0.29) is 25.0 Å². The van der Waals surface area contributed by atoms with Crippen LogP contribution in [0.2, 0.25) is 0 Å². The Balaban J connectivity index is 2.02. The topological polar surface area (TPSA) is 68.7 Å². The lowest BCUT2D eigenvalue weighted by molar-refractivity contribution is -0.137. The number of amides is 1. The maximum absolute atomic E-state index is 12.4. The van der Waals surface area contributed by atoms with Crippen LogP contribution in [0.5, 0.6) is 0 Å². The smallest absolute Gasteiger partial charge is 0.415 e. The molecule has 1 aliphatic heterocycles. The number of esters is 1. The van der Waals surface area contributed by atoms with Gasteiger partial charge in [0.1, 0.15) is 19.3 Å². The van der Waals surface area contributed by atoms with Crippen LogP contribution in [-0.2, 0) is 14.3 Å². The van der Waals surface area contributed by atoms with Crippen molar-refractivity contribution in [3.63, 3.8) is 0 Å². The molecule has 26 heavy (non-hydrogen) atoms. The molecule has 0 unspecified atom stereocenters. The van der Waals surface area contributed by atoms with E-state index in [1.165, 1.54) is 11.0 Å². The third kappa shape index (κ3) is 3.80. The van der Waals surface area contributed by atoms with Gasteiger partial charge in [-0.15, -0.1) is 0 Å². The number of carbonyl (C=O) groups excluding carboxylic acids is 2. The van der Waals surface area contributed by atoms with Crippen LogP contribution in [0.15, 0.2) is 67.5 Å². The van der Waals surface area contributed by atoms with Gasteiger partial charge < -0.3 is 9.47 Å². The first kappa shape index (κ1) is 17.4. The van der Waals surface area contributed by atoms with Crippen molar-refractivity contribution in [3.8, 4) is 0 Å². The van der Waals surface area contributed by atoms with Crippen molar-refractivity contribution >= 4 is 17.8 Å². The number of rotatable bonds is 6. The second-order valence-electron chi connectivity index (χ2n) is 5.48. The molecule has 1 atom stereocenters. The maximum Gasteiger partial charge on any atom is 0.415 e. The summed E-state index contributed by atoms with van der Waals surface area (Å²) in [6, 6.07) is 12.5. The monoisotopic (exact) mass is 349 g/mol. The second-order valence-corrected chi connectivity index (χ2v) is 5.48. The molecule has 6 heteroatoms. The Hall–Kier alpha value is -3.41. The van der Waals surface area contributed by atoms with Crippen molar-refractivity contribution in [2.75, 3.05) is 13.2 Å². The van der Waals surface area contributed by atoms with Crippen LogP contribution in [0.4, 0.5) is 4.79 Å². The molecule has 131 valence electrons. The molecule has 3 rings (SSSR count). The minimum Gasteiger partial charge on any atom is -0.458 e. The normalized spacial score (nSPS) is 16.9. The van der Waals surface area contributed by atoms with E-state index >= 15 is 0 Å². The zero-order valence-corrected chi connectivity index (χ0v) is 14.0. The van der Waals surface area contributed by atoms with Gasteiger partial charge in [-0.05, 0) is 17.7 Å². The lowest BCUT2D eigenvalue weighted by Gasteiger charge is -2.24. The molecule has 0 spiro atoms. The van der Waals surface area contributed by atoms with E-state index in [9.17, 15) is 9.59 Å².